The number of nitrogens with one attached hydrogen (secondary N) is 1. The van der Waals surface area contributed by atoms with E-state index in [-0.39, 0.29) is 6.54 Å². The third-order valence-electron chi connectivity index (χ3n) is 3.72. The Morgan fingerprint density at radius 2 is 2.00 bits per heavy atom. The molecule has 0 saturated carbocycles. The molecule has 1 heterocycles. The fraction of sp³-hybridized carbons (Fsp3) is 0.400. The largest absolute Gasteiger partial charge is 0.319 e. The zero-order chi connectivity index (χ0) is 15.6. The molecule has 2 unspecified atom stereocenters. The molecule has 0 spiro atoms. The van der Waals surface area contributed by atoms with Crippen LogP contribution in [0.4, 0.5) is 0 Å². The molecule has 0 aliphatic carbocycles. The summed E-state index contributed by atoms with van der Waals surface area (Å²) in [5.74, 6) is -1.36. The molecule has 1 aliphatic heterocycles. The summed E-state index contributed by atoms with van der Waals surface area (Å²) in [5, 5.41) is 2.24. The van der Waals surface area contributed by atoms with Crippen LogP contribution in [0.25, 0.3) is 0 Å². The van der Waals surface area contributed by atoms with Gasteiger partial charge in [0.2, 0.25) is 17.7 Å². The lowest BCUT2D eigenvalue weighted by Gasteiger charge is -2.38. The number of carbonyl (C=O) groups excluding carboxylic acids is 3. The topological polar surface area (TPSA) is 92.5 Å². The smallest absolute Gasteiger partial charge is 0.249 e. The molecule has 1 aromatic rings. The van der Waals surface area contributed by atoms with Gasteiger partial charge in [-0.05, 0) is 18.9 Å². The first-order valence-electron chi connectivity index (χ1n) is 6.87. The van der Waals surface area contributed by atoms with E-state index in [2.05, 4.69) is 5.32 Å². The first-order chi connectivity index (χ1) is 9.87. The monoisotopic (exact) mass is 289 g/mol. The van der Waals surface area contributed by atoms with E-state index in [1.807, 2.05) is 6.07 Å². The van der Waals surface area contributed by atoms with Crippen molar-refractivity contribution in [2.24, 2.45) is 5.73 Å². The van der Waals surface area contributed by atoms with E-state index in [1.54, 1.807) is 38.1 Å². The summed E-state index contributed by atoms with van der Waals surface area (Å²) in [6.07, 6.45) is 0.426. The van der Waals surface area contributed by atoms with Crippen molar-refractivity contribution in [3.8, 4) is 0 Å². The molecule has 0 radical (unpaired) electrons. The number of imide groups is 1. The molecule has 2 rings (SSSR count). The molecular formula is C15H19N3O3. The van der Waals surface area contributed by atoms with E-state index in [0.717, 1.165) is 0 Å². The lowest BCUT2D eigenvalue weighted by atomic mass is 9.90. The Bertz CT molecular complexity index is 569. The van der Waals surface area contributed by atoms with Gasteiger partial charge in [0, 0.05) is 0 Å². The number of rotatable bonds is 3. The van der Waals surface area contributed by atoms with E-state index >= 15 is 0 Å². The van der Waals surface area contributed by atoms with Crippen LogP contribution in [0, 0.1) is 0 Å². The minimum atomic E-state index is -1.29. The van der Waals surface area contributed by atoms with Gasteiger partial charge >= 0.3 is 0 Å². The van der Waals surface area contributed by atoms with Crippen molar-refractivity contribution in [3.05, 3.63) is 35.9 Å². The van der Waals surface area contributed by atoms with Gasteiger partial charge in [-0.1, -0.05) is 37.3 Å². The standard InChI is InChI=1S/C15H19N3O3/c1-3-11-13(20)17-12(19)9-18(11)14(21)15(2,16)10-7-5-4-6-8-10/h4-8,11H,3,9,16H2,1-2H3,(H,17,19,20). The van der Waals surface area contributed by atoms with Gasteiger partial charge in [-0.15, -0.1) is 0 Å². The van der Waals surface area contributed by atoms with Crippen LogP contribution in [0.15, 0.2) is 30.3 Å². The second kappa shape index (κ2) is 5.65. The highest BCUT2D eigenvalue weighted by Crippen LogP contribution is 2.23. The third-order valence-corrected chi connectivity index (χ3v) is 3.72. The average Bonchev–Trinajstić information content (AvgIpc) is 2.46. The quantitative estimate of drug-likeness (QED) is 0.773. The predicted molar refractivity (Wildman–Crippen MR) is 76.9 cm³/mol. The highest BCUT2D eigenvalue weighted by molar-refractivity contribution is 6.05. The van der Waals surface area contributed by atoms with Gasteiger partial charge in [-0.2, -0.15) is 0 Å². The number of hydrogen-bond acceptors (Lipinski definition) is 4. The molecule has 6 nitrogen and oxygen atoms in total. The maximum atomic E-state index is 12.7. The number of carbonyl (C=O) groups is 3. The Labute approximate surface area is 123 Å². The molecule has 1 aliphatic rings. The van der Waals surface area contributed by atoms with Crippen LogP contribution >= 0.6 is 0 Å². The Morgan fingerprint density at radius 3 is 2.57 bits per heavy atom. The summed E-state index contributed by atoms with van der Waals surface area (Å²) in [7, 11) is 0. The molecule has 6 heteroatoms. The fourth-order valence-corrected chi connectivity index (χ4v) is 2.49. The van der Waals surface area contributed by atoms with Crippen LogP contribution in [-0.4, -0.2) is 35.2 Å². The van der Waals surface area contributed by atoms with Crippen LogP contribution in [-0.2, 0) is 19.9 Å². The summed E-state index contributed by atoms with van der Waals surface area (Å²) >= 11 is 0. The number of amides is 3. The SMILES string of the molecule is CCC1C(=O)NC(=O)CN1C(=O)C(C)(N)c1ccccc1. The first kappa shape index (κ1) is 15.2. The molecule has 0 aromatic heterocycles. The minimum absolute atomic E-state index is 0.150. The summed E-state index contributed by atoms with van der Waals surface area (Å²) in [4.78, 5) is 37.4. The van der Waals surface area contributed by atoms with Crippen LogP contribution < -0.4 is 11.1 Å². The van der Waals surface area contributed by atoms with E-state index < -0.39 is 29.3 Å². The lowest BCUT2D eigenvalue weighted by molar-refractivity contribution is -0.153. The van der Waals surface area contributed by atoms with E-state index in [4.69, 9.17) is 5.73 Å². The van der Waals surface area contributed by atoms with Crippen molar-refractivity contribution in [2.75, 3.05) is 6.54 Å². The van der Waals surface area contributed by atoms with Gasteiger partial charge in [-0.25, -0.2) is 0 Å². The molecule has 1 fully saturated rings. The van der Waals surface area contributed by atoms with Crippen molar-refractivity contribution in [1.29, 1.82) is 0 Å². The Balaban J connectivity index is 2.33. The zero-order valence-electron chi connectivity index (χ0n) is 12.1. The second-order valence-electron chi connectivity index (χ2n) is 5.34. The molecule has 1 saturated heterocycles. The Morgan fingerprint density at radius 1 is 1.38 bits per heavy atom. The molecule has 21 heavy (non-hydrogen) atoms. The predicted octanol–water partition coefficient (Wildman–Crippen LogP) is 0.124. The fourth-order valence-electron chi connectivity index (χ4n) is 2.49. The van der Waals surface area contributed by atoms with Gasteiger partial charge in [0.25, 0.3) is 0 Å². The number of hydrogen-bond donors (Lipinski definition) is 2. The van der Waals surface area contributed by atoms with Gasteiger partial charge in [0.1, 0.15) is 18.1 Å². The first-order valence-corrected chi connectivity index (χ1v) is 6.87. The van der Waals surface area contributed by atoms with Gasteiger partial charge in [0.05, 0.1) is 0 Å². The summed E-state index contributed by atoms with van der Waals surface area (Å²) in [6, 6.07) is 8.26. The average molecular weight is 289 g/mol. The molecule has 1 aromatic carbocycles. The number of nitrogens with zero attached hydrogens (tertiary/aromatic N) is 1. The molecule has 3 N–H and O–H groups in total. The second-order valence-corrected chi connectivity index (χ2v) is 5.34. The number of nitrogens with two attached hydrogens (primary N) is 1. The number of piperazine rings is 1. The van der Waals surface area contributed by atoms with Crippen molar-refractivity contribution in [1.82, 2.24) is 10.2 Å². The van der Waals surface area contributed by atoms with E-state index in [0.29, 0.717) is 12.0 Å². The highest BCUT2D eigenvalue weighted by atomic mass is 16.2. The van der Waals surface area contributed by atoms with Crippen molar-refractivity contribution < 1.29 is 14.4 Å². The number of benzene rings is 1. The summed E-state index contributed by atoms with van der Waals surface area (Å²) in [6.45, 7) is 3.23. The maximum Gasteiger partial charge on any atom is 0.249 e. The van der Waals surface area contributed by atoms with Crippen molar-refractivity contribution in [2.45, 2.75) is 31.8 Å². The molecule has 0 bridgehead atoms. The van der Waals surface area contributed by atoms with Crippen molar-refractivity contribution in [3.63, 3.8) is 0 Å². The van der Waals surface area contributed by atoms with Crippen LogP contribution in [0.5, 0.6) is 0 Å². The van der Waals surface area contributed by atoms with E-state index in [1.165, 1.54) is 4.90 Å². The van der Waals surface area contributed by atoms with Gasteiger partial charge in [0.15, 0.2) is 0 Å². The molecule has 3 amide bonds. The van der Waals surface area contributed by atoms with Gasteiger partial charge < -0.3 is 10.6 Å². The Hall–Kier alpha value is -2.21. The minimum Gasteiger partial charge on any atom is -0.319 e. The van der Waals surface area contributed by atoms with Crippen LogP contribution in [0.2, 0.25) is 0 Å². The zero-order valence-corrected chi connectivity index (χ0v) is 12.1. The molecular weight excluding hydrogens is 270 g/mol. The normalized spacial score (nSPS) is 21.7. The molecule has 2 atom stereocenters. The third kappa shape index (κ3) is 2.80. The van der Waals surface area contributed by atoms with Gasteiger partial charge in [-0.3, -0.25) is 19.7 Å². The summed E-state index contributed by atoms with van der Waals surface area (Å²) < 4.78 is 0. The van der Waals surface area contributed by atoms with Crippen LogP contribution in [0.1, 0.15) is 25.8 Å². The van der Waals surface area contributed by atoms with Crippen LogP contribution in [0.3, 0.4) is 0 Å². The van der Waals surface area contributed by atoms with E-state index in [9.17, 15) is 14.4 Å². The maximum absolute atomic E-state index is 12.7. The highest BCUT2D eigenvalue weighted by Gasteiger charge is 2.42. The lowest BCUT2D eigenvalue weighted by Crippen LogP contribution is -2.64. The molecule has 112 valence electrons. The summed E-state index contributed by atoms with van der Waals surface area (Å²) in [5.41, 5.74) is 5.54. The van der Waals surface area contributed by atoms with Crippen molar-refractivity contribution >= 4 is 17.7 Å². The Kier molecular flexibility index (Phi) is 4.09.